The van der Waals surface area contributed by atoms with Crippen molar-refractivity contribution in [3.05, 3.63) is 0 Å². The Hall–Kier alpha value is -0.710. The molecule has 1 unspecified atom stereocenters. The van der Waals surface area contributed by atoms with Gasteiger partial charge in [-0.1, -0.05) is 0 Å². The lowest BCUT2D eigenvalue weighted by molar-refractivity contribution is -0.128. The van der Waals surface area contributed by atoms with Gasteiger partial charge in [0.25, 0.3) is 0 Å². The van der Waals surface area contributed by atoms with Crippen LogP contribution in [0, 0.1) is 0 Å². The lowest BCUT2D eigenvalue weighted by Crippen LogP contribution is -2.52. The molecule has 0 aromatic rings. The van der Waals surface area contributed by atoms with E-state index >= 15 is 0 Å². The molecule has 2 N–H and O–H groups in total. The summed E-state index contributed by atoms with van der Waals surface area (Å²) >= 11 is 1.49. The minimum absolute atomic E-state index is 0.0554. The molecule has 0 aromatic carbocycles. The lowest BCUT2D eigenvalue weighted by atomic mass is 10.2. The van der Waals surface area contributed by atoms with Crippen molar-refractivity contribution in [1.82, 2.24) is 10.6 Å². The van der Waals surface area contributed by atoms with Crippen molar-refractivity contribution in [2.24, 2.45) is 0 Å². The first-order valence-corrected chi connectivity index (χ1v) is 5.42. The smallest absolute Gasteiger partial charge is 0.243 e. The Labute approximate surface area is 81.8 Å². The van der Waals surface area contributed by atoms with Crippen LogP contribution in [0.4, 0.5) is 0 Å². The maximum atomic E-state index is 11.4. The standard InChI is InChI=1S/C8H14N2O2S/c1-5(2)9-8(12)6-3-13-4-7(11)10-6/h5-6H,3-4H2,1-2H3,(H,9,12)(H,10,11). The Bertz CT molecular complexity index is 218. The first-order chi connectivity index (χ1) is 6.09. The van der Waals surface area contributed by atoms with Crippen molar-refractivity contribution in [2.45, 2.75) is 25.9 Å². The first-order valence-electron chi connectivity index (χ1n) is 4.27. The molecule has 4 nitrogen and oxygen atoms in total. The zero-order valence-electron chi connectivity index (χ0n) is 7.79. The van der Waals surface area contributed by atoms with Gasteiger partial charge in [0.2, 0.25) is 11.8 Å². The summed E-state index contributed by atoms with van der Waals surface area (Å²) < 4.78 is 0. The average Bonchev–Trinajstić information content (AvgIpc) is 2.03. The van der Waals surface area contributed by atoms with Crippen LogP contribution in [-0.2, 0) is 9.59 Å². The third kappa shape index (κ3) is 3.26. The van der Waals surface area contributed by atoms with E-state index in [1.807, 2.05) is 13.8 Å². The predicted molar refractivity (Wildman–Crippen MR) is 52.5 cm³/mol. The van der Waals surface area contributed by atoms with E-state index in [-0.39, 0.29) is 23.9 Å². The van der Waals surface area contributed by atoms with Gasteiger partial charge in [-0.05, 0) is 13.8 Å². The van der Waals surface area contributed by atoms with Crippen LogP contribution in [-0.4, -0.2) is 35.4 Å². The highest BCUT2D eigenvalue weighted by Gasteiger charge is 2.24. The van der Waals surface area contributed by atoms with Crippen LogP contribution in [0.5, 0.6) is 0 Å². The zero-order chi connectivity index (χ0) is 9.84. The monoisotopic (exact) mass is 202 g/mol. The fourth-order valence-corrected chi connectivity index (χ4v) is 1.93. The van der Waals surface area contributed by atoms with Crippen molar-refractivity contribution >= 4 is 23.6 Å². The summed E-state index contributed by atoms with van der Waals surface area (Å²) in [5.41, 5.74) is 0. The Morgan fingerprint density at radius 2 is 2.38 bits per heavy atom. The quantitative estimate of drug-likeness (QED) is 0.649. The number of nitrogens with one attached hydrogen (secondary N) is 2. The summed E-state index contributed by atoms with van der Waals surface area (Å²) in [6.07, 6.45) is 0. The molecule has 1 rings (SSSR count). The van der Waals surface area contributed by atoms with Gasteiger partial charge in [0, 0.05) is 11.8 Å². The van der Waals surface area contributed by atoms with Crippen LogP contribution in [0.3, 0.4) is 0 Å². The molecular formula is C8H14N2O2S. The normalized spacial score (nSPS) is 22.7. The van der Waals surface area contributed by atoms with E-state index in [0.29, 0.717) is 11.5 Å². The molecule has 0 bridgehead atoms. The number of carbonyl (C=O) groups is 2. The molecule has 2 amide bonds. The fourth-order valence-electron chi connectivity index (χ4n) is 1.07. The summed E-state index contributed by atoms with van der Waals surface area (Å²) in [6, 6.07) is -0.232. The van der Waals surface area contributed by atoms with E-state index in [1.165, 1.54) is 11.8 Å². The molecule has 0 radical (unpaired) electrons. The van der Waals surface area contributed by atoms with Gasteiger partial charge < -0.3 is 10.6 Å². The molecule has 1 saturated heterocycles. The highest BCUT2D eigenvalue weighted by atomic mass is 32.2. The van der Waals surface area contributed by atoms with Gasteiger partial charge in [-0.25, -0.2) is 0 Å². The Morgan fingerprint density at radius 1 is 1.69 bits per heavy atom. The van der Waals surface area contributed by atoms with Gasteiger partial charge in [-0.2, -0.15) is 0 Å². The Kier molecular flexibility index (Phi) is 3.59. The maximum absolute atomic E-state index is 11.4. The third-order valence-electron chi connectivity index (χ3n) is 1.60. The molecule has 1 atom stereocenters. The molecule has 1 heterocycles. The van der Waals surface area contributed by atoms with Gasteiger partial charge >= 0.3 is 0 Å². The molecule has 74 valence electrons. The number of rotatable bonds is 2. The summed E-state index contributed by atoms with van der Waals surface area (Å²) in [5, 5.41) is 5.42. The Morgan fingerprint density at radius 3 is 2.92 bits per heavy atom. The average molecular weight is 202 g/mol. The van der Waals surface area contributed by atoms with Crippen molar-refractivity contribution < 1.29 is 9.59 Å². The van der Waals surface area contributed by atoms with Crippen LogP contribution >= 0.6 is 11.8 Å². The van der Waals surface area contributed by atoms with Crippen molar-refractivity contribution in [3.63, 3.8) is 0 Å². The van der Waals surface area contributed by atoms with E-state index in [9.17, 15) is 9.59 Å². The molecule has 1 aliphatic rings. The molecule has 0 aliphatic carbocycles. The molecule has 1 fully saturated rings. The first kappa shape index (κ1) is 10.4. The topological polar surface area (TPSA) is 58.2 Å². The Balaban J connectivity index is 2.41. The third-order valence-corrected chi connectivity index (χ3v) is 2.64. The lowest BCUT2D eigenvalue weighted by Gasteiger charge is -2.22. The second-order valence-corrected chi connectivity index (χ2v) is 4.33. The summed E-state index contributed by atoms with van der Waals surface area (Å²) in [5.74, 6) is 0.992. The van der Waals surface area contributed by atoms with Gasteiger partial charge in [0.15, 0.2) is 0 Å². The molecule has 0 spiro atoms. The molecule has 13 heavy (non-hydrogen) atoms. The molecule has 0 aromatic heterocycles. The van der Waals surface area contributed by atoms with Crippen molar-refractivity contribution in [1.29, 1.82) is 0 Å². The van der Waals surface area contributed by atoms with Crippen molar-refractivity contribution in [3.8, 4) is 0 Å². The summed E-state index contributed by atoms with van der Waals surface area (Å²) in [4.78, 5) is 22.4. The maximum Gasteiger partial charge on any atom is 0.243 e. The minimum Gasteiger partial charge on any atom is -0.352 e. The molecule has 1 aliphatic heterocycles. The van der Waals surface area contributed by atoms with E-state index in [4.69, 9.17) is 0 Å². The van der Waals surface area contributed by atoms with Gasteiger partial charge in [-0.3, -0.25) is 9.59 Å². The minimum atomic E-state index is -0.353. The van der Waals surface area contributed by atoms with Crippen LogP contribution in [0.1, 0.15) is 13.8 Å². The second kappa shape index (κ2) is 4.50. The van der Waals surface area contributed by atoms with E-state index < -0.39 is 0 Å². The van der Waals surface area contributed by atoms with Gasteiger partial charge in [-0.15, -0.1) is 11.8 Å². The van der Waals surface area contributed by atoms with Crippen LogP contribution in [0.2, 0.25) is 0 Å². The molecular weight excluding hydrogens is 188 g/mol. The number of hydrogen-bond donors (Lipinski definition) is 2. The summed E-state index contributed by atoms with van der Waals surface area (Å²) in [6.45, 7) is 3.80. The number of hydrogen-bond acceptors (Lipinski definition) is 3. The number of thioether (sulfide) groups is 1. The van der Waals surface area contributed by atoms with Gasteiger partial charge in [0.05, 0.1) is 5.75 Å². The van der Waals surface area contributed by atoms with Gasteiger partial charge in [0.1, 0.15) is 6.04 Å². The largest absolute Gasteiger partial charge is 0.352 e. The SMILES string of the molecule is CC(C)NC(=O)C1CSCC(=O)N1. The predicted octanol–water partition coefficient (Wildman–Crippen LogP) is -0.257. The van der Waals surface area contributed by atoms with E-state index in [1.54, 1.807) is 0 Å². The molecule has 5 heteroatoms. The van der Waals surface area contributed by atoms with E-state index in [0.717, 1.165) is 0 Å². The van der Waals surface area contributed by atoms with Crippen molar-refractivity contribution in [2.75, 3.05) is 11.5 Å². The second-order valence-electron chi connectivity index (χ2n) is 3.30. The summed E-state index contributed by atoms with van der Waals surface area (Å²) in [7, 11) is 0. The molecule has 0 saturated carbocycles. The number of amides is 2. The fraction of sp³-hybridized carbons (Fsp3) is 0.750. The highest BCUT2D eigenvalue weighted by molar-refractivity contribution is 8.00. The van der Waals surface area contributed by atoms with E-state index in [2.05, 4.69) is 10.6 Å². The van der Waals surface area contributed by atoms with Crippen LogP contribution in [0.25, 0.3) is 0 Å². The zero-order valence-corrected chi connectivity index (χ0v) is 8.61. The van der Waals surface area contributed by atoms with Crippen LogP contribution < -0.4 is 10.6 Å². The number of carbonyl (C=O) groups excluding carboxylic acids is 2. The van der Waals surface area contributed by atoms with Crippen LogP contribution in [0.15, 0.2) is 0 Å². The highest BCUT2D eigenvalue weighted by Crippen LogP contribution is 2.08.